The van der Waals surface area contributed by atoms with Crippen LogP contribution in [0.25, 0.3) is 11.5 Å². The van der Waals surface area contributed by atoms with Crippen LogP contribution < -0.4 is 4.74 Å². The van der Waals surface area contributed by atoms with Gasteiger partial charge in [0.25, 0.3) is 11.1 Å². The van der Waals surface area contributed by atoms with E-state index in [2.05, 4.69) is 10.2 Å². The third kappa shape index (κ3) is 3.38. The molecule has 3 rings (SSSR count). The number of hydrogen-bond acceptors (Lipinski definition) is 6. The Bertz CT molecular complexity index is 851. The molecule has 23 heavy (non-hydrogen) atoms. The van der Waals surface area contributed by atoms with Crippen molar-refractivity contribution in [2.24, 2.45) is 0 Å². The van der Waals surface area contributed by atoms with E-state index in [1.807, 2.05) is 12.1 Å². The third-order valence-electron chi connectivity index (χ3n) is 3.02. The fourth-order valence-corrected chi connectivity index (χ4v) is 2.87. The Hall–Kier alpha value is -2.31. The molecule has 0 amide bonds. The summed E-state index contributed by atoms with van der Waals surface area (Å²) in [6, 6.07) is 14.1. The molecule has 0 spiro atoms. The van der Waals surface area contributed by atoms with Gasteiger partial charge in [-0.15, -0.1) is 10.2 Å². The first-order valence-corrected chi connectivity index (χ1v) is 7.82. The minimum atomic E-state index is -0.258. The summed E-state index contributed by atoms with van der Waals surface area (Å²) in [4.78, 5) is 12.2. The molecule has 0 bridgehead atoms. The largest absolute Gasteiger partial charge is 0.496 e. The maximum Gasteiger partial charge on any atom is 0.284 e. The van der Waals surface area contributed by atoms with Crippen molar-refractivity contribution in [2.75, 3.05) is 7.11 Å². The Morgan fingerprint density at radius 2 is 1.87 bits per heavy atom. The number of para-hydroxylation sites is 1. The Balaban J connectivity index is 1.83. The third-order valence-corrected chi connectivity index (χ3v) is 4.09. The second kappa shape index (κ2) is 6.85. The van der Waals surface area contributed by atoms with E-state index in [0.29, 0.717) is 21.9 Å². The van der Waals surface area contributed by atoms with Gasteiger partial charge in [0, 0.05) is 17.3 Å². The molecule has 5 nitrogen and oxygen atoms in total. The Morgan fingerprint density at radius 3 is 2.65 bits per heavy atom. The number of rotatable bonds is 4. The molecule has 0 atom stereocenters. The fraction of sp³-hybridized carbons (Fsp3) is 0.0625. The molecule has 0 fully saturated rings. The molecule has 0 aliphatic heterocycles. The average molecular weight is 347 g/mol. The lowest BCUT2D eigenvalue weighted by Crippen LogP contribution is -1.94. The number of hydrogen-bond donors (Lipinski definition) is 0. The molecule has 0 aliphatic rings. The molecular formula is C16H11ClN2O3S. The van der Waals surface area contributed by atoms with Gasteiger partial charge in [0.05, 0.1) is 17.7 Å². The van der Waals surface area contributed by atoms with E-state index >= 15 is 0 Å². The zero-order valence-electron chi connectivity index (χ0n) is 12.0. The number of halogens is 1. The second-order valence-electron chi connectivity index (χ2n) is 4.44. The van der Waals surface area contributed by atoms with Gasteiger partial charge in [0.1, 0.15) is 5.75 Å². The topological polar surface area (TPSA) is 65.2 Å². The number of aromatic nitrogens is 2. The smallest absolute Gasteiger partial charge is 0.284 e. The number of ether oxygens (including phenoxy) is 1. The van der Waals surface area contributed by atoms with Crippen molar-refractivity contribution in [3.05, 3.63) is 59.1 Å². The zero-order valence-corrected chi connectivity index (χ0v) is 13.6. The van der Waals surface area contributed by atoms with Crippen LogP contribution in [0.15, 0.2) is 58.2 Å². The van der Waals surface area contributed by atoms with Gasteiger partial charge in [-0.05, 0) is 24.3 Å². The second-order valence-corrected chi connectivity index (χ2v) is 5.77. The number of carbonyl (C=O) groups excluding carboxylic acids is 1. The predicted molar refractivity (Wildman–Crippen MR) is 87.9 cm³/mol. The van der Waals surface area contributed by atoms with Gasteiger partial charge in [-0.25, -0.2) is 0 Å². The van der Waals surface area contributed by atoms with Crippen LogP contribution in [0.4, 0.5) is 0 Å². The maximum absolute atomic E-state index is 12.2. The average Bonchev–Trinajstić information content (AvgIpc) is 3.03. The molecule has 1 aromatic heterocycles. The van der Waals surface area contributed by atoms with Crippen molar-refractivity contribution in [2.45, 2.75) is 5.22 Å². The first-order valence-electron chi connectivity index (χ1n) is 6.62. The summed E-state index contributed by atoms with van der Waals surface area (Å²) < 4.78 is 10.8. The van der Waals surface area contributed by atoms with E-state index in [0.717, 1.165) is 11.8 Å². The molecule has 0 aliphatic carbocycles. The predicted octanol–water partition coefficient (Wildman–Crippen LogP) is 4.33. The van der Waals surface area contributed by atoms with E-state index in [1.165, 1.54) is 0 Å². The number of benzene rings is 2. The summed E-state index contributed by atoms with van der Waals surface area (Å²) in [6.45, 7) is 0. The van der Waals surface area contributed by atoms with Gasteiger partial charge in [-0.3, -0.25) is 4.79 Å². The lowest BCUT2D eigenvalue weighted by molar-refractivity contribution is 0.108. The van der Waals surface area contributed by atoms with E-state index in [1.54, 1.807) is 43.5 Å². The summed E-state index contributed by atoms with van der Waals surface area (Å²) in [5.74, 6) is 0.905. The lowest BCUT2D eigenvalue weighted by Gasteiger charge is -2.03. The van der Waals surface area contributed by atoms with Crippen LogP contribution in [0.5, 0.6) is 5.75 Å². The standard InChI is InChI=1S/C16H11ClN2O3S/c1-21-13-9-5-3-7-11(13)14-18-19-16(22-14)23-15(20)10-6-2-4-8-12(10)17/h2-9H,1H3. The first kappa shape index (κ1) is 15.6. The first-order chi connectivity index (χ1) is 11.2. The van der Waals surface area contributed by atoms with Crippen LogP contribution in [-0.4, -0.2) is 22.4 Å². The maximum atomic E-state index is 12.2. The van der Waals surface area contributed by atoms with Gasteiger partial charge in [0.15, 0.2) is 0 Å². The van der Waals surface area contributed by atoms with Crippen LogP contribution in [0.2, 0.25) is 5.02 Å². The molecule has 0 N–H and O–H groups in total. The molecule has 0 radical (unpaired) electrons. The van der Waals surface area contributed by atoms with Crippen molar-refractivity contribution in [1.29, 1.82) is 0 Å². The summed E-state index contributed by atoms with van der Waals surface area (Å²) in [7, 11) is 1.56. The van der Waals surface area contributed by atoms with Crippen molar-refractivity contribution in [3.63, 3.8) is 0 Å². The van der Waals surface area contributed by atoms with Crippen molar-refractivity contribution in [3.8, 4) is 17.2 Å². The number of methoxy groups -OCH3 is 1. The zero-order chi connectivity index (χ0) is 16.2. The number of thioether (sulfide) groups is 1. The van der Waals surface area contributed by atoms with Crippen molar-refractivity contribution in [1.82, 2.24) is 10.2 Å². The van der Waals surface area contributed by atoms with E-state index in [4.69, 9.17) is 20.8 Å². The Morgan fingerprint density at radius 1 is 1.13 bits per heavy atom. The van der Waals surface area contributed by atoms with Crippen molar-refractivity contribution < 1.29 is 13.9 Å². The van der Waals surface area contributed by atoms with Crippen LogP contribution in [0, 0.1) is 0 Å². The van der Waals surface area contributed by atoms with Gasteiger partial charge in [-0.2, -0.15) is 0 Å². The Kier molecular flexibility index (Phi) is 4.64. The molecule has 7 heteroatoms. The molecule has 0 saturated heterocycles. The fourth-order valence-electron chi connectivity index (χ4n) is 1.94. The summed E-state index contributed by atoms with van der Waals surface area (Å²) in [6.07, 6.45) is 0. The van der Waals surface area contributed by atoms with Crippen LogP contribution in [0.1, 0.15) is 10.4 Å². The summed E-state index contributed by atoms with van der Waals surface area (Å²) in [5, 5.41) is 8.13. The number of carbonyl (C=O) groups is 1. The molecular weight excluding hydrogens is 336 g/mol. The molecule has 0 saturated carbocycles. The van der Waals surface area contributed by atoms with Crippen molar-refractivity contribution >= 4 is 28.5 Å². The van der Waals surface area contributed by atoms with Gasteiger partial charge >= 0.3 is 0 Å². The minimum Gasteiger partial charge on any atom is -0.496 e. The lowest BCUT2D eigenvalue weighted by atomic mass is 10.2. The SMILES string of the molecule is COc1ccccc1-c1nnc(SC(=O)c2ccccc2Cl)o1. The van der Waals surface area contributed by atoms with Gasteiger partial charge in [0.2, 0.25) is 5.12 Å². The summed E-state index contributed by atoms with van der Waals surface area (Å²) >= 11 is 6.84. The van der Waals surface area contributed by atoms with E-state index in [9.17, 15) is 4.79 Å². The normalized spacial score (nSPS) is 10.5. The quantitative estimate of drug-likeness (QED) is 0.655. The van der Waals surface area contributed by atoms with Crippen LogP contribution in [0.3, 0.4) is 0 Å². The van der Waals surface area contributed by atoms with Gasteiger partial charge in [-0.1, -0.05) is 35.9 Å². The monoisotopic (exact) mass is 346 g/mol. The Labute approximate surface area is 141 Å². The summed E-state index contributed by atoms with van der Waals surface area (Å²) in [5.41, 5.74) is 1.07. The molecule has 0 unspecified atom stereocenters. The molecule has 3 aromatic rings. The minimum absolute atomic E-state index is 0.149. The van der Waals surface area contributed by atoms with E-state index in [-0.39, 0.29) is 16.2 Å². The molecule has 2 aromatic carbocycles. The molecule has 1 heterocycles. The highest BCUT2D eigenvalue weighted by Gasteiger charge is 2.18. The number of nitrogens with zero attached hydrogens (tertiary/aromatic N) is 2. The molecule has 116 valence electrons. The van der Waals surface area contributed by atoms with Crippen LogP contribution in [-0.2, 0) is 0 Å². The highest BCUT2D eigenvalue weighted by atomic mass is 35.5. The highest BCUT2D eigenvalue weighted by Crippen LogP contribution is 2.32. The van der Waals surface area contributed by atoms with E-state index < -0.39 is 0 Å². The van der Waals surface area contributed by atoms with Gasteiger partial charge < -0.3 is 9.15 Å². The highest BCUT2D eigenvalue weighted by molar-refractivity contribution is 8.14. The van der Waals surface area contributed by atoms with Crippen LogP contribution >= 0.6 is 23.4 Å².